The average molecular weight is 309 g/mol. The number of H-pyrrole nitrogens is 1. The highest BCUT2D eigenvalue weighted by atomic mass is 16.2. The lowest BCUT2D eigenvalue weighted by molar-refractivity contribution is 0.0981. The van der Waals surface area contributed by atoms with Gasteiger partial charge in [0, 0.05) is 25.7 Å². The minimum absolute atomic E-state index is 0.152. The van der Waals surface area contributed by atoms with Crippen molar-refractivity contribution in [3.8, 4) is 0 Å². The molecular formula is C18H19N3O2. The number of hydrogen-bond donors (Lipinski definition) is 1. The summed E-state index contributed by atoms with van der Waals surface area (Å²) in [7, 11) is 0. The minimum Gasteiger partial charge on any atom is -0.368 e. The number of carbonyl (C=O) groups excluding carboxylic acids is 1. The lowest BCUT2D eigenvalue weighted by Crippen LogP contribution is -2.45. The Morgan fingerprint density at radius 3 is 2.57 bits per heavy atom. The highest BCUT2D eigenvalue weighted by molar-refractivity contribution is 6.07. The fraction of sp³-hybridized carbons (Fsp3) is 0.333. The molecule has 2 aliphatic rings. The van der Waals surface area contributed by atoms with E-state index in [1.165, 1.54) is 18.9 Å². The first kappa shape index (κ1) is 14.1. The van der Waals surface area contributed by atoms with E-state index in [1.807, 2.05) is 18.2 Å². The van der Waals surface area contributed by atoms with Crippen molar-refractivity contribution in [3.05, 3.63) is 58.5 Å². The summed E-state index contributed by atoms with van der Waals surface area (Å²) in [6.07, 6.45) is 2.62. The minimum atomic E-state index is -0.253. The van der Waals surface area contributed by atoms with Crippen LogP contribution in [-0.4, -0.2) is 30.5 Å². The van der Waals surface area contributed by atoms with E-state index in [9.17, 15) is 9.59 Å². The zero-order chi connectivity index (χ0) is 15.8. The Morgan fingerprint density at radius 1 is 1.04 bits per heavy atom. The zero-order valence-corrected chi connectivity index (χ0v) is 12.9. The summed E-state index contributed by atoms with van der Waals surface area (Å²) in [5.41, 5.74) is 2.12. The molecule has 4 rings (SSSR count). The van der Waals surface area contributed by atoms with Gasteiger partial charge in [-0.25, -0.2) is 0 Å². The predicted octanol–water partition coefficient (Wildman–Crippen LogP) is 2.25. The number of fused-ring (bicyclic) bond motifs is 1. The second-order valence-electron chi connectivity index (χ2n) is 6.26. The molecule has 5 heteroatoms. The maximum absolute atomic E-state index is 12.8. The second kappa shape index (κ2) is 5.57. The van der Waals surface area contributed by atoms with Crippen LogP contribution in [0.4, 0.5) is 11.4 Å². The summed E-state index contributed by atoms with van der Waals surface area (Å²) in [6.45, 7) is 2.54. The molecule has 0 saturated heterocycles. The molecule has 1 amide bonds. The Kier molecular flexibility index (Phi) is 3.41. The average Bonchev–Trinajstić information content (AvgIpc) is 3.39. The van der Waals surface area contributed by atoms with Crippen LogP contribution in [0.3, 0.4) is 0 Å². The van der Waals surface area contributed by atoms with E-state index < -0.39 is 0 Å². The molecule has 0 spiro atoms. The van der Waals surface area contributed by atoms with E-state index in [2.05, 4.69) is 16.0 Å². The highest BCUT2D eigenvalue weighted by Gasteiger charge is 2.31. The summed E-state index contributed by atoms with van der Waals surface area (Å²) < 4.78 is 0. The Hall–Kier alpha value is -2.56. The van der Waals surface area contributed by atoms with Gasteiger partial charge >= 0.3 is 0 Å². The Morgan fingerprint density at radius 2 is 1.83 bits per heavy atom. The van der Waals surface area contributed by atoms with Crippen molar-refractivity contribution in [2.24, 2.45) is 5.92 Å². The van der Waals surface area contributed by atoms with Crippen LogP contribution < -0.4 is 15.4 Å². The van der Waals surface area contributed by atoms with Gasteiger partial charge in [-0.1, -0.05) is 18.2 Å². The normalized spacial score (nSPS) is 17.0. The first-order chi connectivity index (χ1) is 11.2. The van der Waals surface area contributed by atoms with Crippen LogP contribution in [0.1, 0.15) is 23.3 Å². The molecule has 0 unspecified atom stereocenters. The van der Waals surface area contributed by atoms with Gasteiger partial charge in [0.1, 0.15) is 5.69 Å². The van der Waals surface area contributed by atoms with Gasteiger partial charge in [0.05, 0.1) is 11.4 Å². The molecule has 1 aliphatic heterocycles. The quantitative estimate of drug-likeness (QED) is 0.946. The topological polar surface area (TPSA) is 56.4 Å². The summed E-state index contributed by atoms with van der Waals surface area (Å²) in [4.78, 5) is 31.0. The third-order valence-corrected chi connectivity index (χ3v) is 4.53. The summed E-state index contributed by atoms with van der Waals surface area (Å²) >= 11 is 0. The molecule has 2 aromatic rings. The number of pyridine rings is 1. The summed E-state index contributed by atoms with van der Waals surface area (Å²) in [5.74, 6) is 0.650. The second-order valence-corrected chi connectivity index (χ2v) is 6.26. The van der Waals surface area contributed by atoms with Crippen LogP contribution in [0.15, 0.2) is 47.3 Å². The summed E-state index contributed by atoms with van der Waals surface area (Å²) in [6, 6.07) is 12.7. The number of rotatable bonds is 3. The SMILES string of the molecule is O=C(c1cccc(=O)[nH]1)N1CCN(CC2CC2)c2ccccc21. The van der Waals surface area contributed by atoms with Crippen molar-refractivity contribution in [2.75, 3.05) is 29.4 Å². The molecule has 2 heterocycles. The number of nitrogens with one attached hydrogen (secondary N) is 1. The fourth-order valence-corrected chi connectivity index (χ4v) is 3.15. The van der Waals surface area contributed by atoms with E-state index in [0.717, 1.165) is 30.4 Å². The largest absolute Gasteiger partial charge is 0.368 e. The molecule has 5 nitrogen and oxygen atoms in total. The van der Waals surface area contributed by atoms with Crippen molar-refractivity contribution in [1.82, 2.24) is 4.98 Å². The summed E-state index contributed by atoms with van der Waals surface area (Å²) in [5, 5.41) is 0. The van der Waals surface area contributed by atoms with Crippen molar-refractivity contribution in [1.29, 1.82) is 0 Å². The van der Waals surface area contributed by atoms with Gasteiger partial charge in [0.25, 0.3) is 5.91 Å². The Bertz CT molecular complexity index is 795. The van der Waals surface area contributed by atoms with Gasteiger partial charge in [0.2, 0.25) is 5.56 Å². The van der Waals surface area contributed by atoms with Crippen LogP contribution in [0, 0.1) is 5.92 Å². The molecule has 1 aromatic heterocycles. The molecule has 23 heavy (non-hydrogen) atoms. The maximum atomic E-state index is 12.8. The molecular weight excluding hydrogens is 290 g/mol. The smallest absolute Gasteiger partial charge is 0.274 e. The fourth-order valence-electron chi connectivity index (χ4n) is 3.15. The first-order valence-electron chi connectivity index (χ1n) is 8.07. The standard InChI is InChI=1S/C18H19N3O2/c22-17-7-3-4-14(19-17)18(23)21-11-10-20(12-13-8-9-13)15-5-1-2-6-16(15)21/h1-7,13H,8-12H2,(H,19,22). The van der Waals surface area contributed by atoms with Crippen molar-refractivity contribution < 1.29 is 4.79 Å². The predicted molar refractivity (Wildman–Crippen MR) is 90.1 cm³/mol. The molecule has 1 aromatic carbocycles. The van der Waals surface area contributed by atoms with Crippen molar-refractivity contribution >= 4 is 17.3 Å². The van der Waals surface area contributed by atoms with Gasteiger partial charge in [-0.05, 0) is 37.0 Å². The molecule has 1 aliphatic carbocycles. The number of nitrogens with zero attached hydrogens (tertiary/aromatic N) is 2. The molecule has 0 radical (unpaired) electrons. The Balaban J connectivity index is 1.66. The van der Waals surface area contributed by atoms with Gasteiger partial charge in [0.15, 0.2) is 0 Å². The highest BCUT2D eigenvalue weighted by Crippen LogP contribution is 2.37. The van der Waals surface area contributed by atoms with Crippen LogP contribution in [0.5, 0.6) is 0 Å². The van der Waals surface area contributed by atoms with Gasteiger partial charge in [-0.3, -0.25) is 9.59 Å². The van der Waals surface area contributed by atoms with E-state index >= 15 is 0 Å². The number of hydrogen-bond acceptors (Lipinski definition) is 3. The third kappa shape index (κ3) is 2.74. The molecule has 1 N–H and O–H groups in total. The number of anilines is 2. The number of amides is 1. The van der Waals surface area contributed by atoms with Crippen molar-refractivity contribution in [3.63, 3.8) is 0 Å². The van der Waals surface area contributed by atoms with E-state index in [-0.39, 0.29) is 11.5 Å². The lowest BCUT2D eigenvalue weighted by atomic mass is 10.1. The number of para-hydroxylation sites is 2. The first-order valence-corrected chi connectivity index (χ1v) is 8.07. The monoisotopic (exact) mass is 309 g/mol. The van der Waals surface area contributed by atoms with Gasteiger partial charge < -0.3 is 14.8 Å². The molecule has 118 valence electrons. The molecule has 1 fully saturated rings. The number of carbonyl (C=O) groups is 1. The van der Waals surface area contributed by atoms with Crippen molar-refractivity contribution in [2.45, 2.75) is 12.8 Å². The van der Waals surface area contributed by atoms with Gasteiger partial charge in [-0.2, -0.15) is 0 Å². The van der Waals surface area contributed by atoms with E-state index in [1.54, 1.807) is 17.0 Å². The Labute approximate surface area is 134 Å². The van der Waals surface area contributed by atoms with E-state index in [0.29, 0.717) is 12.2 Å². The molecule has 0 atom stereocenters. The van der Waals surface area contributed by atoms with Crippen LogP contribution in [-0.2, 0) is 0 Å². The van der Waals surface area contributed by atoms with E-state index in [4.69, 9.17) is 0 Å². The number of aromatic nitrogens is 1. The van der Waals surface area contributed by atoms with Crippen LogP contribution in [0.25, 0.3) is 0 Å². The number of aromatic amines is 1. The lowest BCUT2D eigenvalue weighted by Gasteiger charge is -2.37. The third-order valence-electron chi connectivity index (χ3n) is 4.53. The molecule has 0 bridgehead atoms. The van der Waals surface area contributed by atoms with Crippen LogP contribution in [0.2, 0.25) is 0 Å². The maximum Gasteiger partial charge on any atom is 0.274 e. The molecule has 1 saturated carbocycles. The van der Waals surface area contributed by atoms with Gasteiger partial charge in [-0.15, -0.1) is 0 Å². The van der Waals surface area contributed by atoms with Crippen LogP contribution >= 0.6 is 0 Å². The number of benzene rings is 1. The zero-order valence-electron chi connectivity index (χ0n) is 12.9.